The Labute approximate surface area is 90.0 Å². The van der Waals surface area contributed by atoms with E-state index in [0.29, 0.717) is 6.61 Å². The van der Waals surface area contributed by atoms with Crippen LogP contribution < -0.4 is 5.90 Å². The van der Waals surface area contributed by atoms with Crippen LogP contribution in [0.3, 0.4) is 0 Å². The van der Waals surface area contributed by atoms with Crippen molar-refractivity contribution in [3.8, 4) is 0 Å². The van der Waals surface area contributed by atoms with E-state index in [1.165, 1.54) is 22.6 Å². The van der Waals surface area contributed by atoms with E-state index in [9.17, 15) is 0 Å². The highest BCUT2D eigenvalue weighted by atomic mass is 32.1. The van der Waals surface area contributed by atoms with Gasteiger partial charge in [0, 0.05) is 15.2 Å². The van der Waals surface area contributed by atoms with Crippen LogP contribution in [0.25, 0.3) is 0 Å². The topological polar surface area (TPSA) is 35.2 Å². The van der Waals surface area contributed by atoms with Crippen LogP contribution in [-0.2, 0) is 16.7 Å². The summed E-state index contributed by atoms with van der Waals surface area (Å²) in [6.07, 6.45) is 2.37. The molecule has 2 N–H and O–H groups in total. The molecule has 0 radical (unpaired) electrons. The molecule has 0 amide bonds. The van der Waals surface area contributed by atoms with E-state index in [2.05, 4.69) is 32.9 Å². The Morgan fingerprint density at radius 2 is 2.14 bits per heavy atom. The van der Waals surface area contributed by atoms with Gasteiger partial charge in [-0.25, -0.2) is 5.90 Å². The first-order chi connectivity index (χ1) is 6.60. The van der Waals surface area contributed by atoms with Gasteiger partial charge < -0.3 is 4.84 Å². The molecule has 0 aliphatic carbocycles. The van der Waals surface area contributed by atoms with Gasteiger partial charge in [0.1, 0.15) is 0 Å². The van der Waals surface area contributed by atoms with Crippen molar-refractivity contribution < 1.29 is 4.84 Å². The molecule has 0 unspecified atom stereocenters. The van der Waals surface area contributed by atoms with E-state index >= 15 is 0 Å². The lowest BCUT2D eigenvalue weighted by Crippen LogP contribution is -2.24. The maximum atomic E-state index is 5.12. The predicted octanol–water partition coefficient (Wildman–Crippen LogP) is 2.87. The molecule has 0 aliphatic rings. The van der Waals surface area contributed by atoms with Crippen LogP contribution in [0.1, 0.15) is 36.9 Å². The standard InChI is InChI=1S/C11H19NOS/c1-4-5-9-6-7-10(14-9)11(2,3)8-13-12/h6-7H,4-5,8,12H2,1-3H3. The SMILES string of the molecule is CCCc1ccc(C(C)(C)CON)s1. The third-order valence-corrected chi connectivity index (χ3v) is 3.78. The van der Waals surface area contributed by atoms with Gasteiger partial charge >= 0.3 is 0 Å². The quantitative estimate of drug-likeness (QED) is 0.763. The summed E-state index contributed by atoms with van der Waals surface area (Å²) in [5, 5.41) is 0. The van der Waals surface area contributed by atoms with Crippen LogP contribution in [0.15, 0.2) is 12.1 Å². The minimum atomic E-state index is 0.0331. The Morgan fingerprint density at radius 3 is 2.71 bits per heavy atom. The van der Waals surface area contributed by atoms with Crippen molar-refractivity contribution in [3.05, 3.63) is 21.9 Å². The lowest BCUT2D eigenvalue weighted by Gasteiger charge is -2.21. The molecular formula is C11H19NOS. The Hall–Kier alpha value is -0.380. The average molecular weight is 213 g/mol. The number of rotatable bonds is 5. The van der Waals surface area contributed by atoms with Crippen LogP contribution >= 0.6 is 11.3 Å². The lowest BCUT2D eigenvalue weighted by molar-refractivity contribution is 0.0976. The summed E-state index contributed by atoms with van der Waals surface area (Å²) in [5.41, 5.74) is 0.0331. The number of thiophene rings is 1. The minimum absolute atomic E-state index is 0.0331. The van der Waals surface area contributed by atoms with Gasteiger partial charge in [0.25, 0.3) is 0 Å². The number of aryl methyl sites for hydroxylation is 1. The molecule has 0 saturated carbocycles. The van der Waals surface area contributed by atoms with Gasteiger partial charge in [0.05, 0.1) is 6.61 Å². The van der Waals surface area contributed by atoms with E-state index in [0.717, 1.165) is 0 Å². The zero-order chi connectivity index (χ0) is 10.6. The summed E-state index contributed by atoms with van der Waals surface area (Å²) < 4.78 is 0. The molecule has 80 valence electrons. The van der Waals surface area contributed by atoms with Crippen molar-refractivity contribution in [3.63, 3.8) is 0 Å². The van der Waals surface area contributed by atoms with Crippen LogP contribution in [0, 0.1) is 0 Å². The molecule has 3 heteroatoms. The molecule has 1 rings (SSSR count). The van der Waals surface area contributed by atoms with Gasteiger partial charge in [-0.3, -0.25) is 0 Å². The van der Waals surface area contributed by atoms with E-state index in [1.807, 2.05) is 11.3 Å². The van der Waals surface area contributed by atoms with Crippen LogP contribution in [0.4, 0.5) is 0 Å². The first-order valence-electron chi connectivity index (χ1n) is 5.01. The highest BCUT2D eigenvalue weighted by Crippen LogP contribution is 2.30. The van der Waals surface area contributed by atoms with Crippen LogP contribution in [-0.4, -0.2) is 6.61 Å². The van der Waals surface area contributed by atoms with Gasteiger partial charge in [0.2, 0.25) is 0 Å². The lowest BCUT2D eigenvalue weighted by atomic mass is 9.93. The van der Waals surface area contributed by atoms with Gasteiger partial charge in [-0.2, -0.15) is 0 Å². The normalized spacial score (nSPS) is 12.0. The first kappa shape index (κ1) is 11.7. The van der Waals surface area contributed by atoms with Gasteiger partial charge in [-0.15, -0.1) is 11.3 Å². The molecule has 1 heterocycles. The second-order valence-corrected chi connectivity index (χ2v) is 5.38. The van der Waals surface area contributed by atoms with Crippen molar-refractivity contribution in [1.82, 2.24) is 0 Å². The van der Waals surface area contributed by atoms with E-state index in [-0.39, 0.29) is 5.41 Å². The molecule has 2 nitrogen and oxygen atoms in total. The second-order valence-electron chi connectivity index (χ2n) is 4.21. The molecule has 0 saturated heterocycles. The molecule has 0 bridgehead atoms. The summed E-state index contributed by atoms with van der Waals surface area (Å²) in [4.78, 5) is 7.54. The Kier molecular flexibility index (Phi) is 4.11. The second kappa shape index (κ2) is 4.91. The third kappa shape index (κ3) is 2.80. The van der Waals surface area contributed by atoms with E-state index in [4.69, 9.17) is 10.7 Å². The largest absolute Gasteiger partial charge is 0.304 e. The first-order valence-corrected chi connectivity index (χ1v) is 5.82. The Morgan fingerprint density at radius 1 is 1.43 bits per heavy atom. The van der Waals surface area contributed by atoms with E-state index < -0.39 is 0 Å². The maximum absolute atomic E-state index is 5.12. The van der Waals surface area contributed by atoms with Crippen molar-refractivity contribution in [2.24, 2.45) is 5.90 Å². The molecule has 0 fully saturated rings. The molecule has 0 spiro atoms. The molecule has 0 aliphatic heterocycles. The molecule has 0 aromatic carbocycles. The zero-order valence-electron chi connectivity index (χ0n) is 9.17. The van der Waals surface area contributed by atoms with Crippen LogP contribution in [0.5, 0.6) is 0 Å². The molecule has 0 atom stereocenters. The van der Waals surface area contributed by atoms with Gasteiger partial charge in [-0.1, -0.05) is 27.2 Å². The fourth-order valence-corrected chi connectivity index (χ4v) is 2.60. The highest BCUT2D eigenvalue weighted by molar-refractivity contribution is 7.12. The number of nitrogens with two attached hydrogens (primary N) is 1. The third-order valence-electron chi connectivity index (χ3n) is 2.27. The zero-order valence-corrected chi connectivity index (χ0v) is 9.99. The fraction of sp³-hybridized carbons (Fsp3) is 0.636. The van der Waals surface area contributed by atoms with Crippen molar-refractivity contribution in [2.75, 3.05) is 6.61 Å². The Bertz CT molecular complexity index is 281. The molecule has 1 aromatic heterocycles. The Balaban J connectivity index is 2.74. The molecular weight excluding hydrogens is 194 g/mol. The maximum Gasteiger partial charge on any atom is 0.0778 e. The monoisotopic (exact) mass is 213 g/mol. The predicted molar refractivity (Wildman–Crippen MR) is 61.5 cm³/mol. The summed E-state index contributed by atoms with van der Waals surface area (Å²) in [7, 11) is 0. The summed E-state index contributed by atoms with van der Waals surface area (Å²) in [5.74, 6) is 5.12. The fourth-order valence-electron chi connectivity index (χ4n) is 1.40. The smallest absolute Gasteiger partial charge is 0.0778 e. The van der Waals surface area contributed by atoms with Gasteiger partial charge in [-0.05, 0) is 18.6 Å². The number of hydrogen-bond acceptors (Lipinski definition) is 3. The van der Waals surface area contributed by atoms with Gasteiger partial charge in [0.15, 0.2) is 0 Å². The number of hydrogen-bond donors (Lipinski definition) is 1. The average Bonchev–Trinajstić information content (AvgIpc) is 2.54. The van der Waals surface area contributed by atoms with Crippen molar-refractivity contribution in [1.29, 1.82) is 0 Å². The molecule has 1 aromatic rings. The minimum Gasteiger partial charge on any atom is -0.304 e. The van der Waals surface area contributed by atoms with E-state index in [1.54, 1.807) is 0 Å². The summed E-state index contributed by atoms with van der Waals surface area (Å²) >= 11 is 1.87. The summed E-state index contributed by atoms with van der Waals surface area (Å²) in [6.45, 7) is 7.08. The van der Waals surface area contributed by atoms with Crippen LogP contribution in [0.2, 0.25) is 0 Å². The molecule has 14 heavy (non-hydrogen) atoms. The highest BCUT2D eigenvalue weighted by Gasteiger charge is 2.22. The van der Waals surface area contributed by atoms with Crippen molar-refractivity contribution in [2.45, 2.75) is 39.0 Å². The van der Waals surface area contributed by atoms with Crippen molar-refractivity contribution >= 4 is 11.3 Å². The summed E-state index contributed by atoms with van der Waals surface area (Å²) in [6, 6.07) is 4.40.